The molecule has 7 heteroatoms. The molecule has 2 aromatic heterocycles. The molecule has 3 aromatic rings. The van der Waals surface area contributed by atoms with Gasteiger partial charge in [0.15, 0.2) is 0 Å². The fourth-order valence-corrected chi connectivity index (χ4v) is 2.69. The molecule has 1 amide bonds. The first kappa shape index (κ1) is 17.8. The minimum absolute atomic E-state index is 0.0711. The van der Waals surface area contributed by atoms with Crippen molar-refractivity contribution >= 4 is 16.8 Å². The summed E-state index contributed by atoms with van der Waals surface area (Å²) in [4.78, 5) is 14.6. The zero-order valence-corrected chi connectivity index (χ0v) is 15.1. The zero-order chi connectivity index (χ0) is 18.4. The highest BCUT2D eigenvalue weighted by molar-refractivity contribution is 5.84. The van der Waals surface area contributed by atoms with Gasteiger partial charge in [-0.25, -0.2) is 0 Å². The largest absolute Gasteiger partial charge is 0.490 e. The molecule has 0 atom stereocenters. The summed E-state index contributed by atoms with van der Waals surface area (Å²) in [5, 5.41) is 8.16. The standard InChI is InChI=1S/C19H24N4O3/c1-3-18(24)20-8-6-14-13-21-17-5-4-15(12-16(14)17)25-10-11-26-19-7-9-23(2)22-19/h4-5,7,9,12-13,21H,3,6,8,10-11H2,1-2H3,(H,20,24). The van der Waals surface area contributed by atoms with Crippen molar-refractivity contribution in [1.82, 2.24) is 20.1 Å². The molecule has 0 spiro atoms. The van der Waals surface area contributed by atoms with Crippen LogP contribution in [0, 0.1) is 0 Å². The van der Waals surface area contributed by atoms with Crippen molar-refractivity contribution in [3.05, 3.63) is 42.2 Å². The van der Waals surface area contributed by atoms with Gasteiger partial charge in [0.1, 0.15) is 19.0 Å². The summed E-state index contributed by atoms with van der Waals surface area (Å²) in [6.45, 7) is 3.34. The van der Waals surface area contributed by atoms with Gasteiger partial charge >= 0.3 is 0 Å². The van der Waals surface area contributed by atoms with Crippen molar-refractivity contribution in [3.8, 4) is 11.6 Å². The minimum atomic E-state index is 0.0711. The summed E-state index contributed by atoms with van der Waals surface area (Å²) in [5.74, 6) is 1.45. The number of rotatable bonds is 9. The van der Waals surface area contributed by atoms with Crippen LogP contribution in [0.25, 0.3) is 10.9 Å². The third kappa shape index (κ3) is 4.56. The van der Waals surface area contributed by atoms with E-state index in [-0.39, 0.29) is 5.91 Å². The lowest BCUT2D eigenvalue weighted by Gasteiger charge is -2.08. The Morgan fingerprint density at radius 2 is 2.12 bits per heavy atom. The van der Waals surface area contributed by atoms with Crippen LogP contribution in [-0.2, 0) is 18.3 Å². The molecule has 138 valence electrons. The average Bonchev–Trinajstić information content (AvgIpc) is 3.24. The van der Waals surface area contributed by atoms with Gasteiger partial charge in [-0.2, -0.15) is 0 Å². The molecule has 0 fully saturated rings. The van der Waals surface area contributed by atoms with Gasteiger partial charge in [0.25, 0.3) is 0 Å². The van der Waals surface area contributed by atoms with E-state index in [0.717, 1.165) is 28.6 Å². The molecule has 3 rings (SSSR count). The van der Waals surface area contributed by atoms with Crippen LogP contribution in [0.4, 0.5) is 0 Å². The average molecular weight is 356 g/mol. The molecular weight excluding hydrogens is 332 g/mol. The lowest BCUT2D eigenvalue weighted by atomic mass is 10.1. The Balaban J connectivity index is 1.53. The highest BCUT2D eigenvalue weighted by Gasteiger charge is 2.06. The lowest BCUT2D eigenvalue weighted by molar-refractivity contribution is -0.120. The molecule has 0 bridgehead atoms. The molecule has 2 heterocycles. The Hall–Kier alpha value is -2.96. The van der Waals surface area contributed by atoms with E-state index >= 15 is 0 Å². The van der Waals surface area contributed by atoms with E-state index in [0.29, 0.717) is 32.1 Å². The number of hydrogen-bond donors (Lipinski definition) is 2. The van der Waals surface area contributed by atoms with Crippen LogP contribution >= 0.6 is 0 Å². The van der Waals surface area contributed by atoms with Crippen LogP contribution in [0.3, 0.4) is 0 Å². The summed E-state index contributed by atoms with van der Waals surface area (Å²) >= 11 is 0. The van der Waals surface area contributed by atoms with Crippen molar-refractivity contribution < 1.29 is 14.3 Å². The molecule has 0 aliphatic carbocycles. The summed E-state index contributed by atoms with van der Waals surface area (Å²) in [5.41, 5.74) is 2.21. The first-order valence-electron chi connectivity index (χ1n) is 8.77. The fourth-order valence-electron chi connectivity index (χ4n) is 2.69. The molecule has 7 nitrogen and oxygen atoms in total. The molecule has 26 heavy (non-hydrogen) atoms. The molecule has 0 radical (unpaired) electrons. The van der Waals surface area contributed by atoms with Gasteiger partial charge in [-0.1, -0.05) is 6.92 Å². The number of carbonyl (C=O) groups excluding carboxylic acids is 1. The number of H-pyrrole nitrogens is 1. The number of aromatic amines is 1. The van der Waals surface area contributed by atoms with Crippen LogP contribution in [0.1, 0.15) is 18.9 Å². The Morgan fingerprint density at radius 1 is 1.27 bits per heavy atom. The van der Waals surface area contributed by atoms with Crippen molar-refractivity contribution in [1.29, 1.82) is 0 Å². The highest BCUT2D eigenvalue weighted by atomic mass is 16.5. The number of hydrogen-bond acceptors (Lipinski definition) is 4. The molecule has 0 saturated heterocycles. The van der Waals surface area contributed by atoms with Crippen LogP contribution in [0.5, 0.6) is 11.6 Å². The van der Waals surface area contributed by atoms with Crippen molar-refractivity contribution in [2.45, 2.75) is 19.8 Å². The quantitative estimate of drug-likeness (QED) is 0.577. The number of fused-ring (bicyclic) bond motifs is 1. The monoisotopic (exact) mass is 356 g/mol. The number of aromatic nitrogens is 3. The maximum atomic E-state index is 11.4. The van der Waals surface area contributed by atoms with E-state index in [1.165, 1.54) is 0 Å². The summed E-state index contributed by atoms with van der Waals surface area (Å²) < 4.78 is 13.0. The highest BCUT2D eigenvalue weighted by Crippen LogP contribution is 2.24. The van der Waals surface area contributed by atoms with Gasteiger partial charge in [0, 0.05) is 49.4 Å². The van der Waals surface area contributed by atoms with E-state index in [1.807, 2.05) is 50.6 Å². The number of carbonyl (C=O) groups is 1. The van der Waals surface area contributed by atoms with Crippen LogP contribution in [0.15, 0.2) is 36.7 Å². The lowest BCUT2D eigenvalue weighted by Crippen LogP contribution is -2.24. The topological polar surface area (TPSA) is 81.2 Å². The second kappa shape index (κ2) is 8.42. The van der Waals surface area contributed by atoms with Gasteiger partial charge < -0.3 is 19.8 Å². The third-order valence-electron chi connectivity index (χ3n) is 4.07. The SMILES string of the molecule is CCC(=O)NCCc1c[nH]c2ccc(OCCOc3ccn(C)n3)cc12. The van der Waals surface area contributed by atoms with Gasteiger partial charge in [0.05, 0.1) is 0 Å². The van der Waals surface area contributed by atoms with E-state index in [9.17, 15) is 4.79 Å². The molecule has 0 aliphatic heterocycles. The maximum Gasteiger partial charge on any atom is 0.232 e. The normalized spacial score (nSPS) is 10.8. The zero-order valence-electron chi connectivity index (χ0n) is 15.1. The Kier molecular flexibility index (Phi) is 5.78. The van der Waals surface area contributed by atoms with E-state index in [4.69, 9.17) is 9.47 Å². The van der Waals surface area contributed by atoms with Crippen molar-refractivity contribution in [2.24, 2.45) is 7.05 Å². The number of amides is 1. The van der Waals surface area contributed by atoms with Gasteiger partial charge in [-0.15, -0.1) is 5.10 Å². The van der Waals surface area contributed by atoms with Crippen molar-refractivity contribution in [2.75, 3.05) is 19.8 Å². The molecular formula is C19H24N4O3. The second-order valence-electron chi connectivity index (χ2n) is 6.00. The van der Waals surface area contributed by atoms with Crippen LogP contribution < -0.4 is 14.8 Å². The minimum Gasteiger partial charge on any atom is -0.490 e. The Bertz CT molecular complexity index is 869. The van der Waals surface area contributed by atoms with Gasteiger partial charge in [-0.3, -0.25) is 9.48 Å². The number of nitrogens with one attached hydrogen (secondary N) is 2. The summed E-state index contributed by atoms with van der Waals surface area (Å²) in [6, 6.07) is 7.76. The van der Waals surface area contributed by atoms with Gasteiger partial charge in [0.2, 0.25) is 11.8 Å². The number of aryl methyl sites for hydroxylation is 1. The van der Waals surface area contributed by atoms with Crippen molar-refractivity contribution in [3.63, 3.8) is 0 Å². The first-order valence-corrected chi connectivity index (χ1v) is 8.77. The Morgan fingerprint density at radius 3 is 2.88 bits per heavy atom. The van der Waals surface area contributed by atoms with E-state index < -0.39 is 0 Å². The molecule has 0 saturated carbocycles. The summed E-state index contributed by atoms with van der Waals surface area (Å²) in [7, 11) is 1.85. The number of benzene rings is 1. The predicted octanol–water partition coefficient (Wildman–Crippen LogP) is 2.43. The molecule has 1 aromatic carbocycles. The Labute approximate surface area is 152 Å². The predicted molar refractivity (Wildman–Crippen MR) is 99.5 cm³/mol. The number of ether oxygens (including phenoxy) is 2. The molecule has 2 N–H and O–H groups in total. The third-order valence-corrected chi connectivity index (χ3v) is 4.07. The first-order chi connectivity index (χ1) is 12.7. The maximum absolute atomic E-state index is 11.4. The second-order valence-corrected chi connectivity index (χ2v) is 6.00. The number of nitrogens with zero attached hydrogens (tertiary/aromatic N) is 2. The van der Waals surface area contributed by atoms with E-state index in [2.05, 4.69) is 15.4 Å². The van der Waals surface area contributed by atoms with Gasteiger partial charge in [-0.05, 0) is 30.2 Å². The molecule has 0 unspecified atom stereocenters. The summed E-state index contributed by atoms with van der Waals surface area (Å²) in [6.07, 6.45) is 5.10. The molecule has 0 aliphatic rings. The fraction of sp³-hybridized carbons (Fsp3) is 0.368. The van der Waals surface area contributed by atoms with Crippen LogP contribution in [0.2, 0.25) is 0 Å². The van der Waals surface area contributed by atoms with E-state index in [1.54, 1.807) is 4.68 Å². The van der Waals surface area contributed by atoms with Crippen LogP contribution in [-0.4, -0.2) is 40.4 Å². The smallest absolute Gasteiger partial charge is 0.232 e.